The van der Waals surface area contributed by atoms with E-state index in [9.17, 15) is 4.79 Å². The number of anilines is 1. The van der Waals surface area contributed by atoms with Crippen molar-refractivity contribution in [3.05, 3.63) is 36.9 Å². The van der Waals surface area contributed by atoms with Crippen molar-refractivity contribution in [3.8, 4) is 11.3 Å². The van der Waals surface area contributed by atoms with Crippen molar-refractivity contribution >= 4 is 11.6 Å². The molecule has 1 amide bonds. The summed E-state index contributed by atoms with van der Waals surface area (Å²) in [5.41, 5.74) is 7.41. The lowest BCUT2D eigenvalue weighted by Crippen LogP contribution is -2.36. The molecule has 106 valence electrons. The van der Waals surface area contributed by atoms with Crippen LogP contribution in [0.5, 0.6) is 0 Å². The normalized spacial score (nSPS) is 12.4. The van der Waals surface area contributed by atoms with Crippen molar-refractivity contribution in [2.75, 3.05) is 5.32 Å². The lowest BCUT2D eigenvalue weighted by atomic mass is 10.0. The van der Waals surface area contributed by atoms with Gasteiger partial charge in [0.15, 0.2) is 12.2 Å². The van der Waals surface area contributed by atoms with Gasteiger partial charge in [0.1, 0.15) is 0 Å². The number of hydrogen-bond donors (Lipinski definition) is 2. The molecule has 2 aromatic rings. The zero-order valence-corrected chi connectivity index (χ0v) is 11.7. The third-order valence-electron chi connectivity index (χ3n) is 2.91. The van der Waals surface area contributed by atoms with E-state index in [0.717, 1.165) is 5.56 Å². The Hall–Kier alpha value is -2.14. The number of carbonyl (C=O) groups excluding carboxylic acids is 1. The molecule has 1 unspecified atom stereocenters. The smallest absolute Gasteiger partial charge is 0.241 e. The maximum Gasteiger partial charge on any atom is 0.241 e. The SMILES string of the molecule is CC(C)CC(N)C(=O)Nc1cccc(-c2cnco2)c1. The fourth-order valence-corrected chi connectivity index (χ4v) is 1.96. The Balaban J connectivity index is 2.07. The quantitative estimate of drug-likeness (QED) is 0.877. The minimum Gasteiger partial charge on any atom is -0.444 e. The standard InChI is InChI=1S/C15H19N3O2/c1-10(2)6-13(16)15(19)18-12-5-3-4-11(7-12)14-8-17-9-20-14/h3-5,7-10,13H,6,16H2,1-2H3,(H,18,19). The highest BCUT2D eigenvalue weighted by molar-refractivity contribution is 5.95. The number of aromatic nitrogens is 1. The summed E-state index contributed by atoms with van der Waals surface area (Å²) in [6, 6.07) is 6.90. The molecule has 1 aromatic carbocycles. The van der Waals surface area contributed by atoms with Crippen LogP contribution in [0.3, 0.4) is 0 Å². The summed E-state index contributed by atoms with van der Waals surface area (Å²) in [5.74, 6) is 0.872. The Kier molecular flexibility index (Phi) is 4.53. The molecule has 0 aliphatic carbocycles. The van der Waals surface area contributed by atoms with Crippen molar-refractivity contribution in [1.82, 2.24) is 4.98 Å². The third-order valence-corrected chi connectivity index (χ3v) is 2.91. The molecule has 5 nitrogen and oxygen atoms in total. The second-order valence-electron chi connectivity index (χ2n) is 5.17. The average Bonchev–Trinajstić information content (AvgIpc) is 2.92. The van der Waals surface area contributed by atoms with Gasteiger partial charge in [0.05, 0.1) is 12.2 Å². The van der Waals surface area contributed by atoms with Crippen LogP contribution in [-0.4, -0.2) is 16.9 Å². The molecule has 0 bridgehead atoms. The Bertz CT molecular complexity index is 564. The molecule has 1 atom stereocenters. The molecule has 0 aliphatic heterocycles. The first kappa shape index (κ1) is 14.3. The van der Waals surface area contributed by atoms with E-state index in [1.165, 1.54) is 6.39 Å². The summed E-state index contributed by atoms with van der Waals surface area (Å²) in [5, 5.41) is 2.82. The van der Waals surface area contributed by atoms with Gasteiger partial charge >= 0.3 is 0 Å². The van der Waals surface area contributed by atoms with Gasteiger partial charge < -0.3 is 15.5 Å². The summed E-state index contributed by atoms with van der Waals surface area (Å²) in [6.07, 6.45) is 3.66. The molecule has 1 heterocycles. The monoisotopic (exact) mass is 273 g/mol. The first-order chi connectivity index (χ1) is 9.56. The number of oxazole rings is 1. The van der Waals surface area contributed by atoms with Crippen LogP contribution in [0.15, 0.2) is 41.3 Å². The fraction of sp³-hybridized carbons (Fsp3) is 0.333. The summed E-state index contributed by atoms with van der Waals surface area (Å²) >= 11 is 0. The largest absolute Gasteiger partial charge is 0.444 e. The van der Waals surface area contributed by atoms with Crippen molar-refractivity contribution in [2.45, 2.75) is 26.3 Å². The number of benzene rings is 1. The highest BCUT2D eigenvalue weighted by atomic mass is 16.3. The van der Waals surface area contributed by atoms with Gasteiger partial charge in [0.25, 0.3) is 0 Å². The van der Waals surface area contributed by atoms with E-state index in [1.54, 1.807) is 6.20 Å². The average molecular weight is 273 g/mol. The van der Waals surface area contributed by atoms with Crippen molar-refractivity contribution in [3.63, 3.8) is 0 Å². The summed E-state index contributed by atoms with van der Waals surface area (Å²) < 4.78 is 5.23. The van der Waals surface area contributed by atoms with Crippen LogP contribution in [0, 0.1) is 5.92 Å². The highest BCUT2D eigenvalue weighted by Gasteiger charge is 2.15. The van der Waals surface area contributed by atoms with Crippen LogP contribution < -0.4 is 11.1 Å². The number of nitrogens with two attached hydrogens (primary N) is 1. The minimum absolute atomic E-state index is 0.173. The van der Waals surface area contributed by atoms with Crippen LogP contribution in [0.25, 0.3) is 11.3 Å². The Morgan fingerprint density at radius 1 is 1.45 bits per heavy atom. The van der Waals surface area contributed by atoms with Crippen LogP contribution in [0.2, 0.25) is 0 Å². The summed E-state index contributed by atoms with van der Waals surface area (Å²) in [4.78, 5) is 15.8. The van der Waals surface area contributed by atoms with Gasteiger partial charge in [-0.2, -0.15) is 0 Å². The molecule has 0 radical (unpaired) electrons. The molecule has 0 aliphatic rings. The van der Waals surface area contributed by atoms with Crippen molar-refractivity contribution < 1.29 is 9.21 Å². The van der Waals surface area contributed by atoms with Crippen LogP contribution in [-0.2, 0) is 4.79 Å². The number of amides is 1. The van der Waals surface area contributed by atoms with Crippen molar-refractivity contribution in [1.29, 1.82) is 0 Å². The summed E-state index contributed by atoms with van der Waals surface area (Å²) in [6.45, 7) is 4.08. The Morgan fingerprint density at radius 2 is 2.25 bits per heavy atom. The van der Waals surface area contributed by atoms with Crippen LogP contribution in [0.1, 0.15) is 20.3 Å². The van der Waals surface area contributed by atoms with E-state index < -0.39 is 6.04 Å². The lowest BCUT2D eigenvalue weighted by Gasteiger charge is -2.14. The molecule has 2 rings (SSSR count). The molecule has 0 saturated carbocycles. The first-order valence-corrected chi connectivity index (χ1v) is 6.61. The molecular weight excluding hydrogens is 254 g/mol. The third kappa shape index (κ3) is 3.68. The van der Waals surface area contributed by atoms with E-state index in [-0.39, 0.29) is 5.91 Å². The predicted octanol–water partition coefficient (Wildman–Crippen LogP) is 2.65. The van der Waals surface area contributed by atoms with Gasteiger partial charge in [-0.3, -0.25) is 4.79 Å². The molecule has 20 heavy (non-hydrogen) atoms. The van der Waals surface area contributed by atoms with Gasteiger partial charge in [0, 0.05) is 11.3 Å². The van der Waals surface area contributed by atoms with Crippen LogP contribution in [0.4, 0.5) is 5.69 Å². The molecule has 0 spiro atoms. The fourth-order valence-electron chi connectivity index (χ4n) is 1.96. The predicted molar refractivity (Wildman–Crippen MR) is 78.0 cm³/mol. The van der Waals surface area contributed by atoms with Gasteiger partial charge in [-0.1, -0.05) is 26.0 Å². The van der Waals surface area contributed by atoms with Gasteiger partial charge in [-0.05, 0) is 24.5 Å². The second-order valence-corrected chi connectivity index (χ2v) is 5.17. The number of rotatable bonds is 5. The molecule has 0 fully saturated rings. The van der Waals surface area contributed by atoms with Gasteiger partial charge in [-0.25, -0.2) is 4.98 Å². The minimum atomic E-state index is -0.496. The number of nitrogens with zero attached hydrogens (tertiary/aromatic N) is 1. The maximum absolute atomic E-state index is 12.0. The Morgan fingerprint density at radius 3 is 2.90 bits per heavy atom. The van der Waals surface area contributed by atoms with Gasteiger partial charge in [-0.15, -0.1) is 0 Å². The van der Waals surface area contributed by atoms with E-state index >= 15 is 0 Å². The van der Waals surface area contributed by atoms with E-state index in [4.69, 9.17) is 10.2 Å². The van der Waals surface area contributed by atoms with E-state index in [2.05, 4.69) is 10.3 Å². The second kappa shape index (κ2) is 6.34. The molecular formula is C15H19N3O2. The van der Waals surface area contributed by atoms with E-state index in [0.29, 0.717) is 23.8 Å². The highest BCUT2D eigenvalue weighted by Crippen LogP contribution is 2.22. The molecule has 3 N–H and O–H groups in total. The zero-order valence-electron chi connectivity index (χ0n) is 11.7. The zero-order chi connectivity index (χ0) is 14.5. The molecule has 5 heteroatoms. The van der Waals surface area contributed by atoms with Crippen molar-refractivity contribution in [2.24, 2.45) is 11.7 Å². The molecule has 1 aromatic heterocycles. The number of hydrogen-bond acceptors (Lipinski definition) is 4. The topological polar surface area (TPSA) is 81.2 Å². The van der Waals surface area contributed by atoms with E-state index in [1.807, 2.05) is 38.1 Å². The maximum atomic E-state index is 12.0. The Labute approximate surface area is 118 Å². The first-order valence-electron chi connectivity index (χ1n) is 6.61. The molecule has 0 saturated heterocycles. The van der Waals surface area contributed by atoms with Crippen LogP contribution >= 0.6 is 0 Å². The lowest BCUT2D eigenvalue weighted by molar-refractivity contribution is -0.117. The summed E-state index contributed by atoms with van der Waals surface area (Å²) in [7, 11) is 0. The van der Waals surface area contributed by atoms with Gasteiger partial charge in [0.2, 0.25) is 5.91 Å². The number of nitrogens with one attached hydrogen (secondary N) is 1. The number of carbonyl (C=O) groups is 1.